The highest BCUT2D eigenvalue weighted by atomic mass is 16.7. The molecule has 0 radical (unpaired) electrons. The molecule has 0 amide bonds. The molecule has 6 heteroatoms. The van der Waals surface area contributed by atoms with Crippen molar-refractivity contribution in [1.82, 2.24) is 9.88 Å². The minimum absolute atomic E-state index is 0.349. The maximum absolute atomic E-state index is 6.08. The average Bonchev–Trinajstić information content (AvgIpc) is 2.70. The SMILES string of the molecule is CN1CC=C(Oc2cc(B3OC(C)(C)C(C)(C)O3)ccn2)CC1. The van der Waals surface area contributed by atoms with Crippen molar-refractivity contribution in [3.8, 4) is 5.88 Å². The fraction of sp³-hybridized carbons (Fsp3) is 0.588. The third-order valence-electron chi connectivity index (χ3n) is 4.89. The maximum atomic E-state index is 6.08. The van der Waals surface area contributed by atoms with E-state index in [0.717, 1.165) is 30.7 Å². The molecule has 5 nitrogen and oxygen atoms in total. The molecule has 1 aromatic heterocycles. The molecular formula is C17H25BN2O3. The van der Waals surface area contributed by atoms with Crippen molar-refractivity contribution in [1.29, 1.82) is 0 Å². The summed E-state index contributed by atoms with van der Waals surface area (Å²) in [6.45, 7) is 10.1. The molecule has 0 aliphatic carbocycles. The lowest BCUT2D eigenvalue weighted by Gasteiger charge is -2.32. The number of nitrogens with zero attached hydrogens (tertiary/aromatic N) is 2. The fourth-order valence-electron chi connectivity index (χ4n) is 2.59. The van der Waals surface area contributed by atoms with Crippen LogP contribution in [0.25, 0.3) is 0 Å². The predicted molar refractivity (Wildman–Crippen MR) is 90.8 cm³/mol. The second-order valence-electron chi connectivity index (χ2n) is 7.30. The summed E-state index contributed by atoms with van der Waals surface area (Å²) in [4.78, 5) is 6.56. The van der Waals surface area contributed by atoms with Crippen LogP contribution >= 0.6 is 0 Å². The summed E-state index contributed by atoms with van der Waals surface area (Å²) in [5.74, 6) is 1.56. The number of aromatic nitrogens is 1. The third-order valence-corrected chi connectivity index (χ3v) is 4.89. The van der Waals surface area contributed by atoms with Crippen LogP contribution in [-0.2, 0) is 9.31 Å². The monoisotopic (exact) mass is 316 g/mol. The molecule has 0 bridgehead atoms. The van der Waals surface area contributed by atoms with Crippen LogP contribution in [0.1, 0.15) is 34.1 Å². The number of ether oxygens (including phenoxy) is 1. The van der Waals surface area contributed by atoms with E-state index < -0.39 is 7.12 Å². The first kappa shape index (κ1) is 16.5. The van der Waals surface area contributed by atoms with E-state index >= 15 is 0 Å². The molecule has 2 aliphatic rings. The second kappa shape index (κ2) is 5.93. The van der Waals surface area contributed by atoms with Gasteiger partial charge in [0.2, 0.25) is 5.88 Å². The summed E-state index contributed by atoms with van der Waals surface area (Å²) in [5, 5.41) is 0. The van der Waals surface area contributed by atoms with E-state index in [1.54, 1.807) is 6.20 Å². The van der Waals surface area contributed by atoms with E-state index in [2.05, 4.69) is 50.7 Å². The van der Waals surface area contributed by atoms with E-state index in [9.17, 15) is 0 Å². The molecule has 0 N–H and O–H groups in total. The minimum Gasteiger partial charge on any atom is -0.444 e. The Kier molecular flexibility index (Phi) is 4.25. The molecule has 1 aromatic rings. The first-order valence-corrected chi connectivity index (χ1v) is 8.14. The van der Waals surface area contributed by atoms with Crippen LogP contribution in [0.3, 0.4) is 0 Å². The van der Waals surface area contributed by atoms with Gasteiger partial charge in [0.05, 0.1) is 11.2 Å². The molecule has 2 aliphatic heterocycles. The van der Waals surface area contributed by atoms with Crippen LogP contribution in [-0.4, -0.2) is 48.3 Å². The van der Waals surface area contributed by atoms with Crippen molar-refractivity contribution < 1.29 is 14.0 Å². The van der Waals surface area contributed by atoms with Gasteiger partial charge in [-0.05, 0) is 52.3 Å². The van der Waals surface area contributed by atoms with Gasteiger partial charge in [-0.1, -0.05) is 0 Å². The van der Waals surface area contributed by atoms with Crippen molar-refractivity contribution >= 4 is 12.6 Å². The number of hydrogen-bond donors (Lipinski definition) is 0. The van der Waals surface area contributed by atoms with E-state index in [4.69, 9.17) is 14.0 Å². The predicted octanol–water partition coefficient (Wildman–Crippen LogP) is 1.98. The Morgan fingerprint density at radius 3 is 2.52 bits per heavy atom. The zero-order valence-electron chi connectivity index (χ0n) is 14.6. The summed E-state index contributed by atoms with van der Waals surface area (Å²) in [5.41, 5.74) is 0.235. The number of rotatable bonds is 3. The highest BCUT2D eigenvalue weighted by Gasteiger charge is 2.51. The molecule has 1 saturated heterocycles. The topological polar surface area (TPSA) is 43.8 Å². The molecular weight excluding hydrogens is 291 g/mol. The molecule has 0 aromatic carbocycles. The first-order valence-electron chi connectivity index (χ1n) is 8.14. The van der Waals surface area contributed by atoms with Gasteiger partial charge in [0.1, 0.15) is 5.76 Å². The third kappa shape index (κ3) is 3.44. The average molecular weight is 316 g/mol. The van der Waals surface area contributed by atoms with Gasteiger partial charge in [-0.3, -0.25) is 0 Å². The lowest BCUT2D eigenvalue weighted by Crippen LogP contribution is -2.41. The smallest absolute Gasteiger partial charge is 0.444 e. The molecule has 0 unspecified atom stereocenters. The lowest BCUT2D eigenvalue weighted by atomic mass is 9.80. The zero-order valence-corrected chi connectivity index (χ0v) is 14.6. The van der Waals surface area contributed by atoms with Gasteiger partial charge in [-0.15, -0.1) is 0 Å². The van der Waals surface area contributed by atoms with Crippen molar-refractivity contribution in [2.45, 2.75) is 45.3 Å². The Morgan fingerprint density at radius 2 is 1.91 bits per heavy atom. The highest BCUT2D eigenvalue weighted by Crippen LogP contribution is 2.36. The normalized spacial score (nSPS) is 23.7. The van der Waals surface area contributed by atoms with Crippen LogP contribution in [0.4, 0.5) is 0 Å². The molecule has 23 heavy (non-hydrogen) atoms. The van der Waals surface area contributed by atoms with Gasteiger partial charge < -0.3 is 18.9 Å². The first-order chi connectivity index (χ1) is 10.8. The summed E-state index contributed by atoms with van der Waals surface area (Å²) < 4.78 is 18.1. The minimum atomic E-state index is -0.392. The fourth-order valence-corrected chi connectivity index (χ4v) is 2.59. The molecule has 0 saturated carbocycles. The molecule has 0 spiro atoms. The van der Waals surface area contributed by atoms with Crippen molar-refractivity contribution in [3.63, 3.8) is 0 Å². The molecule has 3 heterocycles. The summed E-state index contributed by atoms with van der Waals surface area (Å²) in [6.07, 6.45) is 4.75. The number of hydrogen-bond acceptors (Lipinski definition) is 5. The Bertz CT molecular complexity index is 600. The van der Waals surface area contributed by atoms with Gasteiger partial charge in [-0.2, -0.15) is 0 Å². The molecule has 0 atom stereocenters. The molecule has 124 valence electrons. The van der Waals surface area contributed by atoms with Crippen LogP contribution in [0.15, 0.2) is 30.2 Å². The highest BCUT2D eigenvalue weighted by molar-refractivity contribution is 6.62. The van der Waals surface area contributed by atoms with E-state index in [-0.39, 0.29) is 11.2 Å². The summed E-state index contributed by atoms with van der Waals surface area (Å²) >= 11 is 0. The number of likely N-dealkylation sites (N-methyl/N-ethyl adjacent to an activating group) is 1. The van der Waals surface area contributed by atoms with Crippen molar-refractivity contribution in [2.24, 2.45) is 0 Å². The molecule has 1 fully saturated rings. The van der Waals surface area contributed by atoms with Gasteiger partial charge >= 0.3 is 7.12 Å². The Labute approximate surface area is 138 Å². The zero-order chi connectivity index (χ0) is 16.7. The lowest BCUT2D eigenvalue weighted by molar-refractivity contribution is 0.00578. The van der Waals surface area contributed by atoms with E-state index in [1.165, 1.54) is 0 Å². The van der Waals surface area contributed by atoms with E-state index in [0.29, 0.717) is 5.88 Å². The van der Waals surface area contributed by atoms with Crippen LogP contribution in [0, 0.1) is 0 Å². The summed E-state index contributed by atoms with van der Waals surface area (Å²) in [6, 6.07) is 3.82. The Hall–Kier alpha value is -1.37. The molecule has 3 rings (SSSR count). The van der Waals surface area contributed by atoms with Gasteiger partial charge in [0.25, 0.3) is 0 Å². The van der Waals surface area contributed by atoms with Crippen LogP contribution < -0.4 is 10.2 Å². The maximum Gasteiger partial charge on any atom is 0.495 e. The standard InChI is InChI=1S/C17H25BN2O3/c1-16(2)17(3,4)23-18(22-16)13-6-9-19-15(12-13)21-14-7-10-20(5)11-8-14/h6-7,9,12H,8,10-11H2,1-5H3. The largest absolute Gasteiger partial charge is 0.495 e. The Morgan fingerprint density at radius 1 is 1.22 bits per heavy atom. The second-order valence-corrected chi connectivity index (χ2v) is 7.30. The van der Waals surface area contributed by atoms with E-state index in [1.807, 2.05) is 12.1 Å². The van der Waals surface area contributed by atoms with Crippen molar-refractivity contribution in [3.05, 3.63) is 30.2 Å². The van der Waals surface area contributed by atoms with Crippen LogP contribution in [0.5, 0.6) is 5.88 Å². The van der Waals surface area contributed by atoms with Crippen molar-refractivity contribution in [2.75, 3.05) is 20.1 Å². The van der Waals surface area contributed by atoms with Crippen LogP contribution in [0.2, 0.25) is 0 Å². The Balaban J connectivity index is 1.74. The number of pyridine rings is 1. The van der Waals surface area contributed by atoms with Gasteiger partial charge in [-0.25, -0.2) is 4.98 Å². The van der Waals surface area contributed by atoms with Gasteiger partial charge in [0, 0.05) is 31.8 Å². The summed E-state index contributed by atoms with van der Waals surface area (Å²) in [7, 11) is 1.71. The van der Waals surface area contributed by atoms with Gasteiger partial charge in [0.15, 0.2) is 0 Å². The quantitative estimate of drug-likeness (QED) is 0.798.